The van der Waals surface area contributed by atoms with E-state index in [2.05, 4.69) is 0 Å². The SMILES string of the molecule is Cc1cc2cc(C(F)(F)F)ccc2n1C. The number of nitrogens with zero attached hydrogens (tertiary/aromatic N) is 1. The van der Waals surface area contributed by atoms with Crippen LogP contribution in [0.1, 0.15) is 11.3 Å². The number of rotatable bonds is 0. The molecule has 4 heteroatoms. The molecule has 0 bridgehead atoms. The average Bonchev–Trinajstić information content (AvgIpc) is 2.41. The number of hydrogen-bond donors (Lipinski definition) is 0. The first-order chi connectivity index (χ1) is 6.89. The van der Waals surface area contributed by atoms with E-state index in [0.29, 0.717) is 5.39 Å². The first kappa shape index (κ1) is 10.1. The number of hydrogen-bond acceptors (Lipinski definition) is 0. The topological polar surface area (TPSA) is 4.93 Å². The van der Waals surface area contributed by atoms with Crippen LogP contribution in [-0.4, -0.2) is 4.57 Å². The summed E-state index contributed by atoms with van der Waals surface area (Å²) in [5.41, 5.74) is 1.17. The van der Waals surface area contributed by atoms with Gasteiger partial charge in [-0.1, -0.05) is 0 Å². The van der Waals surface area contributed by atoms with Gasteiger partial charge in [-0.15, -0.1) is 0 Å². The maximum Gasteiger partial charge on any atom is 0.416 e. The Morgan fingerprint density at radius 1 is 1.13 bits per heavy atom. The van der Waals surface area contributed by atoms with E-state index >= 15 is 0 Å². The van der Waals surface area contributed by atoms with Crippen molar-refractivity contribution in [1.29, 1.82) is 0 Å². The molecule has 0 unspecified atom stereocenters. The fourth-order valence-electron chi connectivity index (χ4n) is 1.66. The van der Waals surface area contributed by atoms with E-state index in [1.807, 2.05) is 18.5 Å². The summed E-state index contributed by atoms with van der Waals surface area (Å²) in [6.45, 7) is 1.87. The van der Waals surface area contributed by atoms with Crippen molar-refractivity contribution in [3.05, 3.63) is 35.5 Å². The van der Waals surface area contributed by atoms with Crippen LogP contribution in [0.3, 0.4) is 0 Å². The average molecular weight is 213 g/mol. The summed E-state index contributed by atoms with van der Waals surface area (Å²) in [6.07, 6.45) is -4.27. The van der Waals surface area contributed by atoms with E-state index in [9.17, 15) is 13.2 Å². The maximum atomic E-state index is 12.4. The van der Waals surface area contributed by atoms with Gasteiger partial charge in [0.2, 0.25) is 0 Å². The van der Waals surface area contributed by atoms with Crippen molar-refractivity contribution in [3.8, 4) is 0 Å². The summed E-state index contributed by atoms with van der Waals surface area (Å²) < 4.78 is 39.1. The van der Waals surface area contributed by atoms with Gasteiger partial charge in [0.05, 0.1) is 5.56 Å². The Balaban J connectivity index is 2.67. The van der Waals surface area contributed by atoms with E-state index in [1.165, 1.54) is 12.1 Å². The first-order valence-corrected chi connectivity index (χ1v) is 4.53. The lowest BCUT2D eigenvalue weighted by Gasteiger charge is -2.06. The molecule has 2 aromatic rings. The van der Waals surface area contributed by atoms with Gasteiger partial charge in [0, 0.05) is 23.6 Å². The van der Waals surface area contributed by atoms with Crippen LogP contribution >= 0.6 is 0 Å². The first-order valence-electron chi connectivity index (χ1n) is 4.53. The lowest BCUT2D eigenvalue weighted by atomic mass is 10.1. The highest BCUT2D eigenvalue weighted by Gasteiger charge is 2.30. The van der Waals surface area contributed by atoms with Crippen LogP contribution in [0.15, 0.2) is 24.3 Å². The lowest BCUT2D eigenvalue weighted by Crippen LogP contribution is -2.04. The molecule has 0 fully saturated rings. The van der Waals surface area contributed by atoms with Crippen LogP contribution in [0.25, 0.3) is 10.9 Å². The Kier molecular flexibility index (Phi) is 2.03. The molecular weight excluding hydrogens is 203 g/mol. The van der Waals surface area contributed by atoms with E-state index in [-0.39, 0.29) is 0 Å². The monoisotopic (exact) mass is 213 g/mol. The zero-order valence-electron chi connectivity index (χ0n) is 8.39. The molecule has 0 aliphatic heterocycles. The number of aryl methyl sites for hydroxylation is 2. The molecule has 0 saturated heterocycles. The number of aromatic nitrogens is 1. The predicted molar refractivity (Wildman–Crippen MR) is 52.7 cm³/mol. The third-order valence-electron chi connectivity index (χ3n) is 2.61. The van der Waals surface area contributed by atoms with Crippen LogP contribution < -0.4 is 0 Å². The molecule has 0 aliphatic rings. The highest BCUT2D eigenvalue weighted by molar-refractivity contribution is 5.82. The van der Waals surface area contributed by atoms with Gasteiger partial charge in [-0.2, -0.15) is 13.2 Å². The zero-order chi connectivity index (χ0) is 11.2. The van der Waals surface area contributed by atoms with Crippen molar-refractivity contribution >= 4 is 10.9 Å². The minimum Gasteiger partial charge on any atom is -0.348 e. The maximum absolute atomic E-state index is 12.4. The van der Waals surface area contributed by atoms with Crippen molar-refractivity contribution < 1.29 is 13.2 Å². The normalized spacial score (nSPS) is 12.3. The van der Waals surface area contributed by atoms with Gasteiger partial charge < -0.3 is 4.57 Å². The predicted octanol–water partition coefficient (Wildman–Crippen LogP) is 3.51. The number of halogens is 3. The largest absolute Gasteiger partial charge is 0.416 e. The van der Waals surface area contributed by atoms with Gasteiger partial charge in [-0.05, 0) is 31.2 Å². The summed E-state index contributed by atoms with van der Waals surface area (Å²) in [7, 11) is 1.84. The van der Waals surface area contributed by atoms with Crippen molar-refractivity contribution in [1.82, 2.24) is 4.57 Å². The minimum atomic E-state index is -4.27. The molecule has 1 aromatic carbocycles. The molecule has 1 nitrogen and oxygen atoms in total. The second-order valence-electron chi connectivity index (χ2n) is 3.62. The number of benzene rings is 1. The molecule has 0 atom stereocenters. The summed E-state index contributed by atoms with van der Waals surface area (Å²) in [5.74, 6) is 0. The Hall–Kier alpha value is -1.45. The van der Waals surface area contributed by atoms with Crippen LogP contribution in [0.5, 0.6) is 0 Å². The number of alkyl halides is 3. The summed E-state index contributed by atoms with van der Waals surface area (Å²) in [6, 6.07) is 5.56. The molecule has 0 spiro atoms. The van der Waals surface area contributed by atoms with Gasteiger partial charge in [0.25, 0.3) is 0 Å². The van der Waals surface area contributed by atoms with Crippen molar-refractivity contribution in [2.45, 2.75) is 13.1 Å². The third kappa shape index (κ3) is 1.60. The third-order valence-corrected chi connectivity index (χ3v) is 2.61. The quantitative estimate of drug-likeness (QED) is 0.631. The molecule has 0 N–H and O–H groups in total. The second-order valence-corrected chi connectivity index (χ2v) is 3.62. The Morgan fingerprint density at radius 3 is 2.40 bits per heavy atom. The Morgan fingerprint density at radius 2 is 1.80 bits per heavy atom. The fourth-order valence-corrected chi connectivity index (χ4v) is 1.66. The molecule has 0 radical (unpaired) electrons. The molecular formula is C11H10F3N. The van der Waals surface area contributed by atoms with E-state index in [4.69, 9.17) is 0 Å². The van der Waals surface area contributed by atoms with E-state index < -0.39 is 11.7 Å². The van der Waals surface area contributed by atoms with Gasteiger partial charge >= 0.3 is 6.18 Å². The van der Waals surface area contributed by atoms with Gasteiger partial charge in [0.15, 0.2) is 0 Å². The van der Waals surface area contributed by atoms with E-state index in [0.717, 1.165) is 17.3 Å². The van der Waals surface area contributed by atoms with Crippen LogP contribution in [-0.2, 0) is 13.2 Å². The Bertz CT molecular complexity index is 508. The Labute approximate surface area is 85.1 Å². The van der Waals surface area contributed by atoms with Crippen LogP contribution in [0, 0.1) is 6.92 Å². The lowest BCUT2D eigenvalue weighted by molar-refractivity contribution is -0.137. The highest BCUT2D eigenvalue weighted by Crippen LogP contribution is 2.31. The van der Waals surface area contributed by atoms with Gasteiger partial charge in [-0.3, -0.25) is 0 Å². The molecule has 1 aromatic heterocycles. The molecule has 80 valence electrons. The summed E-state index contributed by atoms with van der Waals surface area (Å²) >= 11 is 0. The van der Waals surface area contributed by atoms with Gasteiger partial charge in [-0.25, -0.2) is 0 Å². The highest BCUT2D eigenvalue weighted by atomic mass is 19.4. The molecule has 15 heavy (non-hydrogen) atoms. The van der Waals surface area contributed by atoms with Crippen molar-refractivity contribution in [3.63, 3.8) is 0 Å². The molecule has 1 heterocycles. The van der Waals surface area contributed by atoms with Crippen molar-refractivity contribution in [2.24, 2.45) is 7.05 Å². The summed E-state index contributed by atoms with van der Waals surface area (Å²) in [4.78, 5) is 0. The zero-order valence-corrected chi connectivity index (χ0v) is 8.39. The fraction of sp³-hybridized carbons (Fsp3) is 0.273. The molecule has 0 saturated carbocycles. The smallest absolute Gasteiger partial charge is 0.348 e. The van der Waals surface area contributed by atoms with Gasteiger partial charge in [0.1, 0.15) is 0 Å². The number of fused-ring (bicyclic) bond motifs is 1. The molecule has 0 aliphatic carbocycles. The second kappa shape index (κ2) is 3.02. The van der Waals surface area contributed by atoms with E-state index in [1.54, 1.807) is 6.07 Å². The van der Waals surface area contributed by atoms with Crippen LogP contribution in [0.4, 0.5) is 13.2 Å². The molecule has 2 rings (SSSR count). The molecule has 0 amide bonds. The van der Waals surface area contributed by atoms with Crippen LogP contribution in [0.2, 0.25) is 0 Å². The minimum absolute atomic E-state index is 0.597. The summed E-state index contributed by atoms with van der Waals surface area (Å²) in [5, 5.41) is 0.629. The standard InChI is InChI=1S/C11H10F3N/c1-7-5-8-6-9(11(12,13)14)3-4-10(8)15(7)2/h3-6H,1-2H3. The van der Waals surface area contributed by atoms with Crippen molar-refractivity contribution in [2.75, 3.05) is 0 Å².